The summed E-state index contributed by atoms with van der Waals surface area (Å²) in [6.45, 7) is 1.65. The molecule has 0 radical (unpaired) electrons. The highest BCUT2D eigenvalue weighted by atomic mass is 35.5. The Morgan fingerprint density at radius 2 is 1.95 bits per heavy atom. The number of aryl methyl sites for hydroxylation is 1. The quantitative estimate of drug-likeness (QED) is 0.170. The minimum Gasteiger partial charge on any atom is -0.593 e. The second-order valence-electron chi connectivity index (χ2n) is 8.45. The molecule has 0 aliphatic rings. The number of para-hydroxylation sites is 1. The second kappa shape index (κ2) is 10.0. The number of ketones is 1. The van der Waals surface area contributed by atoms with E-state index in [0.29, 0.717) is 27.2 Å². The van der Waals surface area contributed by atoms with Crippen molar-refractivity contribution in [3.63, 3.8) is 0 Å². The zero-order valence-corrected chi connectivity index (χ0v) is 21.6. The number of nitrogens with zero attached hydrogens (tertiary/aromatic N) is 2. The molecule has 4 N–H and O–H groups in total. The zero-order valence-electron chi connectivity index (χ0n) is 20.0. The van der Waals surface area contributed by atoms with Crippen LogP contribution in [-0.2, 0) is 11.4 Å². The number of benzene rings is 3. The molecule has 0 saturated heterocycles. The van der Waals surface area contributed by atoms with Crippen molar-refractivity contribution in [3.8, 4) is 17.2 Å². The lowest BCUT2D eigenvalue weighted by molar-refractivity contribution is 0.103. The molecule has 194 valence electrons. The largest absolute Gasteiger partial charge is 0.593 e. The zero-order chi connectivity index (χ0) is 27.1. The van der Waals surface area contributed by atoms with Crippen LogP contribution < -0.4 is 15.2 Å². The molecule has 0 fully saturated rings. The lowest BCUT2D eigenvalue weighted by Crippen LogP contribution is -2.10. The van der Waals surface area contributed by atoms with E-state index in [9.17, 15) is 13.7 Å². The summed E-state index contributed by atoms with van der Waals surface area (Å²) in [4.78, 5) is 16.1. The van der Waals surface area contributed by atoms with Gasteiger partial charge in [0.25, 0.3) is 0 Å². The Bertz CT molecular complexity index is 1680. The standard InChI is InChI=1S/C26H20ClF2N5O3S/c1-13-7-15(37-23-6-4-3-5-17(23)27)10-19(29)24(13)34-26(30)16(12-31-34)25(35)22-9-14-8-21(33-38(2)36)18(28)11-20(14)32-22/h3-12,32-33H,30H2,1-2H3. The van der Waals surface area contributed by atoms with Gasteiger partial charge in [0.05, 0.1) is 33.8 Å². The molecule has 38 heavy (non-hydrogen) atoms. The summed E-state index contributed by atoms with van der Waals surface area (Å²) >= 11 is 4.65. The number of nitrogen functional groups attached to an aromatic ring is 1. The van der Waals surface area contributed by atoms with Gasteiger partial charge in [0, 0.05) is 23.0 Å². The van der Waals surface area contributed by atoms with Gasteiger partial charge in [0.1, 0.15) is 34.9 Å². The monoisotopic (exact) mass is 555 g/mol. The number of halogens is 3. The highest BCUT2D eigenvalue weighted by molar-refractivity contribution is 7.92. The number of carbonyl (C=O) groups is 1. The van der Waals surface area contributed by atoms with Crippen LogP contribution in [0.15, 0.2) is 60.8 Å². The number of nitrogens with one attached hydrogen (secondary N) is 2. The van der Waals surface area contributed by atoms with E-state index < -0.39 is 28.8 Å². The van der Waals surface area contributed by atoms with E-state index in [2.05, 4.69) is 14.8 Å². The van der Waals surface area contributed by atoms with E-state index in [0.717, 1.165) is 4.68 Å². The topological polar surface area (TPSA) is 121 Å². The van der Waals surface area contributed by atoms with Crippen LogP contribution in [0.25, 0.3) is 16.6 Å². The number of ether oxygens (including phenoxy) is 1. The Hall–Kier alpha value is -4.06. The fourth-order valence-electron chi connectivity index (χ4n) is 4.05. The van der Waals surface area contributed by atoms with Gasteiger partial charge in [-0.2, -0.15) is 5.10 Å². The molecule has 1 unspecified atom stereocenters. The first-order valence-corrected chi connectivity index (χ1v) is 13.1. The third-order valence-electron chi connectivity index (χ3n) is 5.76. The Balaban J connectivity index is 1.46. The minimum absolute atomic E-state index is 0.0280. The maximum absolute atomic E-state index is 15.2. The van der Waals surface area contributed by atoms with Gasteiger partial charge in [0.15, 0.2) is 11.6 Å². The fourth-order valence-corrected chi connectivity index (χ4v) is 4.69. The molecule has 0 aliphatic carbocycles. The number of aromatic amines is 1. The lowest BCUT2D eigenvalue weighted by atomic mass is 10.1. The third kappa shape index (κ3) is 4.78. The smallest absolute Gasteiger partial charge is 0.214 e. The molecule has 2 aromatic heterocycles. The maximum Gasteiger partial charge on any atom is 0.214 e. The van der Waals surface area contributed by atoms with Crippen molar-refractivity contribution in [2.24, 2.45) is 0 Å². The summed E-state index contributed by atoms with van der Waals surface area (Å²) in [7, 11) is 0. The number of hydrogen-bond donors (Lipinski definition) is 3. The molecule has 0 bridgehead atoms. The van der Waals surface area contributed by atoms with Crippen LogP contribution in [-0.4, -0.2) is 31.4 Å². The van der Waals surface area contributed by atoms with Crippen molar-refractivity contribution in [1.29, 1.82) is 0 Å². The minimum atomic E-state index is -1.48. The summed E-state index contributed by atoms with van der Waals surface area (Å²) in [6.07, 6.45) is 2.62. The van der Waals surface area contributed by atoms with Gasteiger partial charge in [-0.3, -0.25) is 4.79 Å². The third-order valence-corrected chi connectivity index (χ3v) is 6.58. The SMILES string of the molecule is Cc1cc(Oc2ccccc2Cl)cc(F)c1-n1ncc(C(=O)c2cc3cc(N[S+](C)[O-])c(F)cc3[nH]2)c1N. The number of nitrogens with two attached hydrogens (primary N) is 1. The molecule has 2 heterocycles. The van der Waals surface area contributed by atoms with Crippen LogP contribution in [0.2, 0.25) is 5.02 Å². The lowest BCUT2D eigenvalue weighted by Gasteiger charge is -2.13. The molecule has 0 saturated carbocycles. The predicted octanol–water partition coefficient (Wildman–Crippen LogP) is 5.90. The average Bonchev–Trinajstić information content (AvgIpc) is 3.43. The van der Waals surface area contributed by atoms with Crippen molar-refractivity contribution < 1.29 is 22.9 Å². The van der Waals surface area contributed by atoms with Crippen LogP contribution in [0, 0.1) is 18.6 Å². The normalized spacial score (nSPS) is 12.1. The van der Waals surface area contributed by atoms with E-state index in [4.69, 9.17) is 22.1 Å². The highest BCUT2D eigenvalue weighted by Crippen LogP contribution is 2.33. The van der Waals surface area contributed by atoms with Crippen LogP contribution in [0.5, 0.6) is 11.5 Å². The maximum atomic E-state index is 15.2. The summed E-state index contributed by atoms with van der Waals surface area (Å²) in [5, 5.41) is 5.04. The van der Waals surface area contributed by atoms with E-state index in [1.165, 1.54) is 36.7 Å². The van der Waals surface area contributed by atoms with Crippen molar-refractivity contribution in [2.45, 2.75) is 6.92 Å². The first kappa shape index (κ1) is 25.6. The van der Waals surface area contributed by atoms with E-state index in [1.807, 2.05) is 0 Å². The number of carbonyl (C=O) groups excluding carboxylic acids is 1. The average molecular weight is 556 g/mol. The van der Waals surface area contributed by atoms with Crippen molar-refractivity contribution >= 4 is 51.2 Å². The second-order valence-corrected chi connectivity index (χ2v) is 9.97. The van der Waals surface area contributed by atoms with Gasteiger partial charge < -0.3 is 20.0 Å². The summed E-state index contributed by atoms with van der Waals surface area (Å²) < 4.78 is 50.4. The molecule has 5 aromatic rings. The van der Waals surface area contributed by atoms with E-state index >= 15 is 4.39 Å². The van der Waals surface area contributed by atoms with Crippen LogP contribution in [0.1, 0.15) is 21.6 Å². The van der Waals surface area contributed by atoms with Crippen LogP contribution in [0.3, 0.4) is 0 Å². The van der Waals surface area contributed by atoms with E-state index in [-0.39, 0.29) is 34.2 Å². The first-order valence-electron chi connectivity index (χ1n) is 11.2. The number of aromatic nitrogens is 3. The van der Waals surface area contributed by atoms with Gasteiger partial charge >= 0.3 is 0 Å². The first-order chi connectivity index (χ1) is 18.1. The molecule has 0 amide bonds. The number of rotatable bonds is 7. The summed E-state index contributed by atoms with van der Waals surface area (Å²) in [6, 6.07) is 13.7. The predicted molar refractivity (Wildman–Crippen MR) is 144 cm³/mol. The van der Waals surface area contributed by atoms with Gasteiger partial charge in [-0.25, -0.2) is 18.2 Å². The van der Waals surface area contributed by atoms with Gasteiger partial charge in [-0.15, -0.1) is 0 Å². The highest BCUT2D eigenvalue weighted by Gasteiger charge is 2.23. The van der Waals surface area contributed by atoms with Crippen LogP contribution in [0.4, 0.5) is 20.3 Å². The Kier molecular flexibility index (Phi) is 6.74. The van der Waals surface area contributed by atoms with Crippen molar-refractivity contribution in [3.05, 3.63) is 94.3 Å². The molecule has 0 aliphatic heterocycles. The van der Waals surface area contributed by atoms with Crippen LogP contribution >= 0.6 is 11.6 Å². The molecule has 3 aromatic carbocycles. The Morgan fingerprint density at radius 1 is 1.18 bits per heavy atom. The number of H-pyrrole nitrogens is 1. The molecule has 0 spiro atoms. The van der Waals surface area contributed by atoms with Gasteiger partial charge in [-0.05, 0) is 42.8 Å². The van der Waals surface area contributed by atoms with Crippen molar-refractivity contribution in [2.75, 3.05) is 16.7 Å². The number of anilines is 2. The molecule has 1 atom stereocenters. The molecular formula is C26H20ClF2N5O3S. The molecule has 12 heteroatoms. The Morgan fingerprint density at radius 3 is 2.66 bits per heavy atom. The number of hydrogen-bond acceptors (Lipinski definition) is 6. The van der Waals surface area contributed by atoms with Gasteiger partial charge in [-0.1, -0.05) is 23.7 Å². The molecular weight excluding hydrogens is 536 g/mol. The fraction of sp³-hybridized carbons (Fsp3) is 0.0769. The van der Waals surface area contributed by atoms with E-state index in [1.54, 1.807) is 37.3 Å². The summed E-state index contributed by atoms with van der Waals surface area (Å²) in [5.41, 5.74) is 7.30. The molecule has 8 nitrogen and oxygen atoms in total. The van der Waals surface area contributed by atoms with Gasteiger partial charge in [0.2, 0.25) is 5.78 Å². The molecule has 5 rings (SSSR count). The number of fused-ring (bicyclic) bond motifs is 1. The summed E-state index contributed by atoms with van der Waals surface area (Å²) in [5.74, 6) is -1.30. The van der Waals surface area contributed by atoms with Crippen molar-refractivity contribution in [1.82, 2.24) is 14.8 Å². The Labute approximate surface area is 223 Å².